The van der Waals surface area contributed by atoms with Crippen LogP contribution in [0, 0.1) is 0 Å². The molecule has 0 unspecified atom stereocenters. The Kier molecular flexibility index (Phi) is 2.35. The quantitative estimate of drug-likeness (QED) is 0.801. The number of aliphatic hydroxyl groups is 1. The lowest BCUT2D eigenvalue weighted by Crippen LogP contribution is -1.84. The van der Waals surface area contributed by atoms with Crippen LogP contribution in [0.2, 0.25) is 5.02 Å². The predicted octanol–water partition coefficient (Wildman–Crippen LogP) is 2.32. The first kappa shape index (κ1) is 9.37. The molecule has 0 saturated heterocycles. The molecule has 0 radical (unpaired) electrons. The number of aromatic nitrogens is 1. The van der Waals surface area contributed by atoms with Gasteiger partial charge in [0.1, 0.15) is 5.75 Å². The Morgan fingerprint density at radius 2 is 2.29 bits per heavy atom. The van der Waals surface area contributed by atoms with Gasteiger partial charge in [-0.05, 0) is 6.07 Å². The largest absolute Gasteiger partial charge is 0.495 e. The summed E-state index contributed by atoms with van der Waals surface area (Å²) in [6.07, 6.45) is 0. The van der Waals surface area contributed by atoms with Crippen LogP contribution in [0.25, 0.3) is 10.9 Å². The maximum absolute atomic E-state index is 9.03. The van der Waals surface area contributed by atoms with E-state index >= 15 is 0 Å². The molecule has 14 heavy (non-hydrogen) atoms. The Balaban J connectivity index is 2.77. The molecule has 0 aliphatic rings. The number of halogens is 1. The second-order valence-electron chi connectivity index (χ2n) is 2.96. The number of aromatic amines is 1. The average molecular weight is 212 g/mol. The van der Waals surface area contributed by atoms with Gasteiger partial charge in [0.15, 0.2) is 0 Å². The molecule has 1 heterocycles. The third-order valence-electron chi connectivity index (χ3n) is 2.18. The molecular formula is C10H10ClNO2. The van der Waals surface area contributed by atoms with Gasteiger partial charge in [-0.1, -0.05) is 23.7 Å². The van der Waals surface area contributed by atoms with Gasteiger partial charge < -0.3 is 14.8 Å². The number of rotatable bonds is 2. The summed E-state index contributed by atoms with van der Waals surface area (Å²) in [4.78, 5) is 3.03. The zero-order valence-corrected chi connectivity index (χ0v) is 8.43. The van der Waals surface area contributed by atoms with Gasteiger partial charge in [0, 0.05) is 5.39 Å². The van der Waals surface area contributed by atoms with Gasteiger partial charge in [0.25, 0.3) is 0 Å². The smallest absolute Gasteiger partial charge is 0.142 e. The summed E-state index contributed by atoms with van der Waals surface area (Å²) in [6, 6.07) is 5.59. The monoisotopic (exact) mass is 211 g/mol. The van der Waals surface area contributed by atoms with Gasteiger partial charge in [0.2, 0.25) is 0 Å². The Bertz CT molecular complexity index is 464. The Morgan fingerprint density at radius 3 is 2.93 bits per heavy atom. The molecule has 2 rings (SSSR count). The van der Waals surface area contributed by atoms with Crippen molar-refractivity contribution in [3.63, 3.8) is 0 Å². The lowest BCUT2D eigenvalue weighted by Gasteiger charge is -1.99. The van der Waals surface area contributed by atoms with Gasteiger partial charge in [0.05, 0.1) is 29.9 Å². The average Bonchev–Trinajstić information content (AvgIpc) is 2.55. The first-order chi connectivity index (χ1) is 6.77. The molecule has 1 aromatic carbocycles. The van der Waals surface area contributed by atoms with Crippen LogP contribution in [0.15, 0.2) is 18.2 Å². The second kappa shape index (κ2) is 3.52. The highest BCUT2D eigenvalue weighted by molar-refractivity contribution is 6.36. The van der Waals surface area contributed by atoms with Crippen molar-refractivity contribution in [2.45, 2.75) is 6.61 Å². The first-order valence-electron chi connectivity index (χ1n) is 4.22. The van der Waals surface area contributed by atoms with Crippen molar-refractivity contribution >= 4 is 22.5 Å². The Labute approximate surface area is 86.3 Å². The molecule has 1 aromatic heterocycles. The zero-order chi connectivity index (χ0) is 10.1. The number of ether oxygens (including phenoxy) is 1. The molecule has 0 aliphatic heterocycles. The van der Waals surface area contributed by atoms with Crippen LogP contribution < -0.4 is 4.74 Å². The van der Waals surface area contributed by atoms with Crippen LogP contribution in [0.1, 0.15) is 5.69 Å². The number of aliphatic hydroxyl groups excluding tert-OH is 1. The minimum atomic E-state index is -0.101. The van der Waals surface area contributed by atoms with Crippen molar-refractivity contribution < 1.29 is 9.84 Å². The number of benzene rings is 1. The van der Waals surface area contributed by atoms with Crippen LogP contribution in [-0.2, 0) is 6.61 Å². The number of methoxy groups -OCH3 is 1. The van der Waals surface area contributed by atoms with Gasteiger partial charge in [-0.15, -0.1) is 0 Å². The van der Waals surface area contributed by atoms with E-state index in [1.165, 1.54) is 0 Å². The molecule has 2 aromatic rings. The number of H-pyrrole nitrogens is 1. The highest BCUT2D eigenvalue weighted by atomic mass is 35.5. The van der Waals surface area contributed by atoms with E-state index in [0.717, 1.165) is 16.7 Å². The molecule has 4 heteroatoms. The molecular weight excluding hydrogens is 202 g/mol. The maximum Gasteiger partial charge on any atom is 0.142 e. The normalized spacial score (nSPS) is 10.8. The van der Waals surface area contributed by atoms with E-state index in [2.05, 4.69) is 4.98 Å². The van der Waals surface area contributed by atoms with Crippen molar-refractivity contribution in [1.82, 2.24) is 4.98 Å². The summed E-state index contributed by atoms with van der Waals surface area (Å²) in [5, 5.41) is 10.5. The van der Waals surface area contributed by atoms with E-state index in [0.29, 0.717) is 10.7 Å². The molecule has 0 bridgehead atoms. The summed E-state index contributed by atoms with van der Waals surface area (Å²) in [5.74, 6) is 0.726. The van der Waals surface area contributed by atoms with Gasteiger partial charge in [-0.3, -0.25) is 0 Å². The number of hydrogen-bond donors (Lipinski definition) is 2. The van der Waals surface area contributed by atoms with Crippen LogP contribution in [0.4, 0.5) is 0 Å². The van der Waals surface area contributed by atoms with Gasteiger partial charge in [-0.25, -0.2) is 0 Å². The van der Waals surface area contributed by atoms with E-state index in [1.807, 2.05) is 18.2 Å². The molecule has 0 aliphatic carbocycles. The Hall–Kier alpha value is -1.19. The van der Waals surface area contributed by atoms with E-state index in [4.69, 9.17) is 21.4 Å². The first-order valence-corrected chi connectivity index (χ1v) is 4.59. The third kappa shape index (κ3) is 1.25. The molecule has 0 amide bonds. The van der Waals surface area contributed by atoms with E-state index < -0.39 is 0 Å². The maximum atomic E-state index is 9.03. The zero-order valence-electron chi connectivity index (χ0n) is 7.67. The van der Waals surface area contributed by atoms with E-state index in [1.54, 1.807) is 7.11 Å². The van der Waals surface area contributed by atoms with Crippen molar-refractivity contribution in [2.24, 2.45) is 0 Å². The fourth-order valence-corrected chi connectivity index (χ4v) is 1.75. The van der Waals surface area contributed by atoms with Crippen molar-refractivity contribution in [2.75, 3.05) is 7.11 Å². The molecule has 0 spiro atoms. The van der Waals surface area contributed by atoms with Gasteiger partial charge >= 0.3 is 0 Å². The minimum absolute atomic E-state index is 0.101. The van der Waals surface area contributed by atoms with E-state index in [9.17, 15) is 0 Å². The molecule has 74 valence electrons. The molecule has 3 nitrogen and oxygen atoms in total. The highest BCUT2D eigenvalue weighted by Crippen LogP contribution is 2.32. The number of para-hydroxylation sites is 1. The van der Waals surface area contributed by atoms with Crippen LogP contribution >= 0.6 is 11.6 Å². The summed E-state index contributed by atoms with van der Waals surface area (Å²) in [5.41, 5.74) is 1.44. The topological polar surface area (TPSA) is 45.2 Å². The number of nitrogens with one attached hydrogen (secondary N) is 1. The summed E-state index contributed by atoms with van der Waals surface area (Å²) in [7, 11) is 1.60. The van der Waals surface area contributed by atoms with Crippen molar-refractivity contribution in [3.05, 3.63) is 28.9 Å². The minimum Gasteiger partial charge on any atom is -0.495 e. The SMILES string of the molecule is COc1cccc2c(Cl)c(CO)[nH]c12. The van der Waals surface area contributed by atoms with Crippen LogP contribution in [-0.4, -0.2) is 17.2 Å². The Morgan fingerprint density at radius 1 is 1.50 bits per heavy atom. The second-order valence-corrected chi connectivity index (χ2v) is 3.34. The fraction of sp³-hybridized carbons (Fsp3) is 0.200. The summed E-state index contributed by atoms with van der Waals surface area (Å²) in [6.45, 7) is -0.101. The van der Waals surface area contributed by atoms with Crippen molar-refractivity contribution in [1.29, 1.82) is 0 Å². The molecule has 0 saturated carbocycles. The number of fused-ring (bicyclic) bond motifs is 1. The predicted molar refractivity (Wildman–Crippen MR) is 55.8 cm³/mol. The van der Waals surface area contributed by atoms with Gasteiger partial charge in [-0.2, -0.15) is 0 Å². The molecule has 2 N–H and O–H groups in total. The van der Waals surface area contributed by atoms with Crippen molar-refractivity contribution in [3.8, 4) is 5.75 Å². The standard InChI is InChI=1S/C10H10ClNO2/c1-14-8-4-2-3-6-9(11)7(5-13)12-10(6)8/h2-4,12-13H,5H2,1H3. The lowest BCUT2D eigenvalue weighted by molar-refractivity contribution is 0.278. The van der Waals surface area contributed by atoms with E-state index in [-0.39, 0.29) is 6.61 Å². The highest BCUT2D eigenvalue weighted by Gasteiger charge is 2.11. The third-order valence-corrected chi connectivity index (χ3v) is 2.61. The summed E-state index contributed by atoms with van der Waals surface area (Å²) >= 11 is 6.04. The molecule has 0 fully saturated rings. The fourth-order valence-electron chi connectivity index (χ4n) is 1.49. The summed E-state index contributed by atoms with van der Waals surface area (Å²) < 4.78 is 5.17. The molecule has 0 atom stereocenters. The number of hydrogen-bond acceptors (Lipinski definition) is 2. The van der Waals surface area contributed by atoms with Crippen LogP contribution in [0.5, 0.6) is 5.75 Å². The lowest BCUT2D eigenvalue weighted by atomic mass is 10.2. The van der Waals surface area contributed by atoms with Crippen LogP contribution in [0.3, 0.4) is 0 Å².